The van der Waals surface area contributed by atoms with Gasteiger partial charge in [0, 0.05) is 19.0 Å². The SMILES string of the molecule is N#CCCN(C1CC1)S(=O)(=O)Cc1cccc(F)c1. The molecule has 19 heavy (non-hydrogen) atoms. The van der Waals surface area contributed by atoms with E-state index in [4.69, 9.17) is 5.26 Å². The average molecular weight is 282 g/mol. The first-order valence-corrected chi connectivity index (χ1v) is 7.75. The van der Waals surface area contributed by atoms with Crippen molar-refractivity contribution in [2.75, 3.05) is 6.54 Å². The summed E-state index contributed by atoms with van der Waals surface area (Å²) in [6, 6.07) is 7.58. The van der Waals surface area contributed by atoms with E-state index in [2.05, 4.69) is 0 Å². The first kappa shape index (κ1) is 14.0. The molecule has 1 saturated carbocycles. The van der Waals surface area contributed by atoms with E-state index in [-0.39, 0.29) is 24.8 Å². The van der Waals surface area contributed by atoms with Crippen molar-refractivity contribution in [3.8, 4) is 6.07 Å². The van der Waals surface area contributed by atoms with E-state index in [0.29, 0.717) is 5.56 Å². The lowest BCUT2D eigenvalue weighted by molar-refractivity contribution is 0.410. The molecule has 0 unspecified atom stereocenters. The van der Waals surface area contributed by atoms with Gasteiger partial charge in [0.05, 0.1) is 11.8 Å². The highest BCUT2D eigenvalue weighted by Gasteiger charge is 2.36. The number of rotatable bonds is 6. The monoisotopic (exact) mass is 282 g/mol. The topological polar surface area (TPSA) is 61.2 Å². The Morgan fingerprint density at radius 2 is 2.16 bits per heavy atom. The van der Waals surface area contributed by atoms with Gasteiger partial charge in [-0.15, -0.1) is 0 Å². The van der Waals surface area contributed by atoms with Gasteiger partial charge >= 0.3 is 0 Å². The first-order valence-electron chi connectivity index (χ1n) is 6.14. The van der Waals surface area contributed by atoms with Crippen LogP contribution in [0, 0.1) is 17.1 Å². The smallest absolute Gasteiger partial charge is 0.212 e. The molecule has 0 aromatic heterocycles. The van der Waals surface area contributed by atoms with Crippen LogP contribution < -0.4 is 0 Å². The number of nitriles is 1. The molecule has 6 heteroatoms. The minimum absolute atomic E-state index is 0.0203. The van der Waals surface area contributed by atoms with Crippen LogP contribution >= 0.6 is 0 Å². The van der Waals surface area contributed by atoms with Gasteiger partial charge in [-0.3, -0.25) is 0 Å². The molecule has 0 atom stereocenters. The fourth-order valence-electron chi connectivity index (χ4n) is 1.99. The normalized spacial score (nSPS) is 15.4. The van der Waals surface area contributed by atoms with E-state index in [1.807, 2.05) is 6.07 Å². The van der Waals surface area contributed by atoms with Crippen LogP contribution in [0.15, 0.2) is 24.3 Å². The third-order valence-corrected chi connectivity index (χ3v) is 4.89. The maximum absolute atomic E-state index is 13.1. The number of sulfonamides is 1. The lowest BCUT2D eigenvalue weighted by Gasteiger charge is -2.20. The number of benzene rings is 1. The summed E-state index contributed by atoms with van der Waals surface area (Å²) in [7, 11) is -3.49. The predicted octanol–water partition coefficient (Wildman–Crippen LogP) is 2.03. The van der Waals surface area contributed by atoms with Gasteiger partial charge in [0.15, 0.2) is 0 Å². The van der Waals surface area contributed by atoms with Crippen LogP contribution in [0.3, 0.4) is 0 Å². The van der Waals surface area contributed by atoms with Gasteiger partial charge in [0.25, 0.3) is 0 Å². The van der Waals surface area contributed by atoms with Gasteiger partial charge in [-0.05, 0) is 30.5 Å². The van der Waals surface area contributed by atoms with Crippen molar-refractivity contribution in [1.29, 1.82) is 5.26 Å². The Balaban J connectivity index is 2.13. The van der Waals surface area contributed by atoms with Crippen LogP contribution in [0.5, 0.6) is 0 Å². The van der Waals surface area contributed by atoms with Crippen molar-refractivity contribution in [2.45, 2.75) is 31.1 Å². The molecule has 1 aliphatic carbocycles. The molecule has 0 bridgehead atoms. The molecule has 0 amide bonds. The van der Waals surface area contributed by atoms with E-state index in [1.165, 1.54) is 22.5 Å². The number of hydrogen-bond donors (Lipinski definition) is 0. The molecular formula is C13H15FN2O2S. The molecule has 0 aliphatic heterocycles. The quantitative estimate of drug-likeness (QED) is 0.802. The van der Waals surface area contributed by atoms with Crippen molar-refractivity contribution >= 4 is 10.0 Å². The highest BCUT2D eigenvalue weighted by molar-refractivity contribution is 7.88. The van der Waals surface area contributed by atoms with Crippen LogP contribution in [-0.4, -0.2) is 25.3 Å². The molecule has 0 saturated heterocycles. The van der Waals surface area contributed by atoms with E-state index in [1.54, 1.807) is 6.07 Å². The Kier molecular flexibility index (Phi) is 4.17. The molecule has 102 valence electrons. The molecule has 0 heterocycles. The fourth-order valence-corrected chi connectivity index (χ4v) is 3.79. The van der Waals surface area contributed by atoms with Crippen molar-refractivity contribution in [3.05, 3.63) is 35.6 Å². The summed E-state index contributed by atoms with van der Waals surface area (Å²) in [6.45, 7) is 0.221. The standard InChI is InChI=1S/C13H15FN2O2S/c14-12-4-1-3-11(9-12)10-19(17,18)16(8-2-7-15)13-5-6-13/h1,3-4,9,13H,2,5-6,8,10H2. The second-order valence-electron chi connectivity index (χ2n) is 4.64. The largest absolute Gasteiger partial charge is 0.218 e. The van der Waals surface area contributed by atoms with Gasteiger partial charge in [-0.2, -0.15) is 9.57 Å². The highest BCUT2D eigenvalue weighted by atomic mass is 32.2. The van der Waals surface area contributed by atoms with Crippen molar-refractivity contribution in [3.63, 3.8) is 0 Å². The predicted molar refractivity (Wildman–Crippen MR) is 69.0 cm³/mol. The zero-order valence-corrected chi connectivity index (χ0v) is 11.2. The lowest BCUT2D eigenvalue weighted by Crippen LogP contribution is -2.34. The van der Waals surface area contributed by atoms with E-state index >= 15 is 0 Å². The summed E-state index contributed by atoms with van der Waals surface area (Å²) in [5.41, 5.74) is 0.433. The second kappa shape index (κ2) is 5.68. The molecule has 4 nitrogen and oxygen atoms in total. The number of hydrogen-bond acceptors (Lipinski definition) is 3. The average Bonchev–Trinajstić information content (AvgIpc) is 3.13. The van der Waals surface area contributed by atoms with Crippen LogP contribution in [-0.2, 0) is 15.8 Å². The number of halogens is 1. The Hall–Kier alpha value is -1.45. The Morgan fingerprint density at radius 1 is 1.42 bits per heavy atom. The summed E-state index contributed by atoms with van der Waals surface area (Å²) in [5, 5.41) is 8.59. The lowest BCUT2D eigenvalue weighted by atomic mass is 10.2. The van der Waals surface area contributed by atoms with Crippen LogP contribution in [0.1, 0.15) is 24.8 Å². The Labute approximate surface area is 112 Å². The third-order valence-electron chi connectivity index (χ3n) is 2.99. The molecular weight excluding hydrogens is 267 g/mol. The van der Waals surface area contributed by atoms with Gasteiger partial charge in [0.1, 0.15) is 5.82 Å². The van der Waals surface area contributed by atoms with Crippen molar-refractivity contribution in [1.82, 2.24) is 4.31 Å². The highest BCUT2D eigenvalue weighted by Crippen LogP contribution is 2.30. The minimum atomic E-state index is -3.49. The molecule has 0 radical (unpaired) electrons. The third kappa shape index (κ3) is 3.75. The van der Waals surface area contributed by atoms with E-state index in [9.17, 15) is 12.8 Å². The Bertz CT molecular complexity index is 591. The molecule has 2 rings (SSSR count). The zero-order chi connectivity index (χ0) is 13.9. The summed E-state index contributed by atoms with van der Waals surface area (Å²) in [4.78, 5) is 0. The van der Waals surface area contributed by atoms with Gasteiger partial charge < -0.3 is 0 Å². The van der Waals surface area contributed by atoms with Gasteiger partial charge in [0.2, 0.25) is 10.0 Å². The molecule has 1 aliphatic rings. The van der Waals surface area contributed by atoms with Gasteiger partial charge in [-0.25, -0.2) is 12.8 Å². The number of nitrogens with zero attached hydrogens (tertiary/aromatic N) is 2. The molecule has 0 N–H and O–H groups in total. The van der Waals surface area contributed by atoms with Crippen LogP contribution in [0.2, 0.25) is 0 Å². The van der Waals surface area contributed by atoms with Crippen LogP contribution in [0.4, 0.5) is 4.39 Å². The van der Waals surface area contributed by atoms with Crippen molar-refractivity contribution < 1.29 is 12.8 Å². The summed E-state index contributed by atoms with van der Waals surface area (Å²) < 4.78 is 39.0. The maximum Gasteiger partial charge on any atom is 0.218 e. The molecule has 1 aromatic carbocycles. The van der Waals surface area contributed by atoms with E-state index in [0.717, 1.165) is 12.8 Å². The molecule has 0 spiro atoms. The maximum atomic E-state index is 13.1. The van der Waals surface area contributed by atoms with Crippen LogP contribution in [0.25, 0.3) is 0 Å². The molecule has 1 fully saturated rings. The summed E-state index contributed by atoms with van der Waals surface area (Å²) >= 11 is 0. The van der Waals surface area contributed by atoms with E-state index < -0.39 is 15.8 Å². The Morgan fingerprint density at radius 3 is 2.74 bits per heavy atom. The minimum Gasteiger partial charge on any atom is -0.212 e. The van der Waals surface area contributed by atoms with Crippen molar-refractivity contribution in [2.24, 2.45) is 0 Å². The zero-order valence-electron chi connectivity index (χ0n) is 10.4. The summed E-state index contributed by atoms with van der Waals surface area (Å²) in [5.74, 6) is -0.658. The van der Waals surface area contributed by atoms with Gasteiger partial charge in [-0.1, -0.05) is 12.1 Å². The second-order valence-corrected chi connectivity index (χ2v) is 6.56. The fraction of sp³-hybridized carbons (Fsp3) is 0.462. The summed E-state index contributed by atoms with van der Waals surface area (Å²) in [6.07, 6.45) is 1.86. The molecule has 1 aromatic rings. The first-order chi connectivity index (χ1) is 9.03.